The van der Waals surface area contributed by atoms with Crippen molar-refractivity contribution in [2.45, 2.75) is 13.8 Å². The zero-order chi connectivity index (χ0) is 22.2. The van der Waals surface area contributed by atoms with E-state index in [0.29, 0.717) is 29.2 Å². The summed E-state index contributed by atoms with van der Waals surface area (Å²) in [5, 5.41) is 10.0. The second-order valence-electron chi connectivity index (χ2n) is 6.86. The fraction of sp³-hybridized carbons (Fsp3) is 0.208. The number of fused-ring (bicyclic) bond motifs is 1. The Labute approximate surface area is 180 Å². The molecule has 0 aliphatic carbocycles. The minimum Gasteiger partial charge on any atom is -0.493 e. The summed E-state index contributed by atoms with van der Waals surface area (Å²) in [5.74, 6) is -0.161. The molecule has 0 aromatic heterocycles. The van der Waals surface area contributed by atoms with Crippen molar-refractivity contribution in [3.8, 4) is 5.75 Å². The van der Waals surface area contributed by atoms with Crippen molar-refractivity contribution in [3.05, 3.63) is 71.8 Å². The zero-order valence-electron chi connectivity index (χ0n) is 17.5. The van der Waals surface area contributed by atoms with Crippen LogP contribution in [0, 0.1) is 0 Å². The quantitative estimate of drug-likeness (QED) is 0.488. The molecule has 31 heavy (non-hydrogen) atoms. The summed E-state index contributed by atoms with van der Waals surface area (Å²) in [5.41, 5.74) is 1.57. The Balaban J connectivity index is 1.58. The van der Waals surface area contributed by atoms with Crippen LogP contribution in [0.25, 0.3) is 10.8 Å². The Morgan fingerprint density at radius 1 is 0.839 bits per heavy atom. The number of amides is 3. The summed E-state index contributed by atoms with van der Waals surface area (Å²) in [6.07, 6.45) is 0. The van der Waals surface area contributed by atoms with Crippen LogP contribution >= 0.6 is 0 Å². The lowest BCUT2D eigenvalue weighted by Crippen LogP contribution is -2.35. The van der Waals surface area contributed by atoms with Crippen molar-refractivity contribution in [3.63, 3.8) is 0 Å². The first-order valence-electron chi connectivity index (χ1n) is 10.1. The largest absolute Gasteiger partial charge is 0.493 e. The van der Waals surface area contributed by atoms with E-state index in [1.807, 2.05) is 37.3 Å². The molecule has 3 N–H and O–H groups in total. The maximum atomic E-state index is 12.9. The molecule has 0 aliphatic heterocycles. The number of nitrogens with one attached hydrogen (secondary N) is 3. The molecule has 3 amide bonds. The van der Waals surface area contributed by atoms with Gasteiger partial charge < -0.3 is 20.7 Å². The standard InChI is InChI=1S/C24H25N3O4/c1-3-31-21-13-10-17-6-4-5-7-20(17)22(21)24(30)26-15-14-25-23(29)18-8-11-19(12-9-18)27-16(2)28/h4-13H,3,14-15H2,1-2H3,(H,25,29)(H,26,30)(H,27,28). The van der Waals surface area contributed by atoms with Crippen LogP contribution < -0.4 is 20.7 Å². The Kier molecular flexibility index (Phi) is 7.22. The minimum atomic E-state index is -0.260. The highest BCUT2D eigenvalue weighted by Crippen LogP contribution is 2.28. The van der Waals surface area contributed by atoms with Gasteiger partial charge in [0.05, 0.1) is 12.2 Å². The lowest BCUT2D eigenvalue weighted by molar-refractivity contribution is -0.114. The van der Waals surface area contributed by atoms with Gasteiger partial charge in [0.15, 0.2) is 0 Å². The van der Waals surface area contributed by atoms with E-state index in [1.165, 1.54) is 6.92 Å². The Hall–Kier alpha value is -3.87. The maximum absolute atomic E-state index is 12.9. The molecule has 0 saturated carbocycles. The van der Waals surface area contributed by atoms with Crippen molar-refractivity contribution in [1.82, 2.24) is 10.6 Å². The van der Waals surface area contributed by atoms with Crippen LogP contribution in [0.2, 0.25) is 0 Å². The molecule has 0 aliphatic rings. The van der Waals surface area contributed by atoms with Gasteiger partial charge in [-0.1, -0.05) is 30.3 Å². The first kappa shape index (κ1) is 21.8. The predicted octanol–water partition coefficient (Wildman–Crippen LogP) is 3.36. The number of hydrogen-bond donors (Lipinski definition) is 3. The van der Waals surface area contributed by atoms with Crippen LogP contribution in [-0.2, 0) is 4.79 Å². The maximum Gasteiger partial charge on any atom is 0.255 e. The minimum absolute atomic E-state index is 0.174. The molecule has 0 unspecified atom stereocenters. The van der Waals surface area contributed by atoms with Crippen LogP contribution in [0.3, 0.4) is 0 Å². The van der Waals surface area contributed by atoms with E-state index in [9.17, 15) is 14.4 Å². The lowest BCUT2D eigenvalue weighted by Gasteiger charge is -2.14. The van der Waals surface area contributed by atoms with Crippen LogP contribution in [0.4, 0.5) is 5.69 Å². The molecule has 0 heterocycles. The topological polar surface area (TPSA) is 96.5 Å². The van der Waals surface area contributed by atoms with E-state index in [1.54, 1.807) is 30.3 Å². The van der Waals surface area contributed by atoms with Gasteiger partial charge in [-0.2, -0.15) is 0 Å². The van der Waals surface area contributed by atoms with Gasteiger partial charge in [0.25, 0.3) is 11.8 Å². The molecule has 0 radical (unpaired) electrons. The number of hydrogen-bond acceptors (Lipinski definition) is 4. The molecule has 0 spiro atoms. The molecule has 160 valence electrons. The third kappa shape index (κ3) is 5.60. The van der Waals surface area contributed by atoms with E-state index >= 15 is 0 Å². The van der Waals surface area contributed by atoms with Crippen LogP contribution in [0.15, 0.2) is 60.7 Å². The molecule has 0 fully saturated rings. The van der Waals surface area contributed by atoms with Crippen molar-refractivity contribution in [2.75, 3.05) is 25.0 Å². The third-order valence-electron chi connectivity index (χ3n) is 4.58. The fourth-order valence-corrected chi connectivity index (χ4v) is 3.21. The third-order valence-corrected chi connectivity index (χ3v) is 4.58. The Morgan fingerprint density at radius 3 is 2.19 bits per heavy atom. The van der Waals surface area contributed by atoms with E-state index < -0.39 is 0 Å². The average Bonchev–Trinajstić information content (AvgIpc) is 2.76. The second-order valence-corrected chi connectivity index (χ2v) is 6.86. The number of benzene rings is 3. The molecule has 0 atom stereocenters. The van der Waals surface area contributed by atoms with Gasteiger partial charge >= 0.3 is 0 Å². The van der Waals surface area contributed by atoms with Crippen LogP contribution in [0.5, 0.6) is 5.75 Å². The molecule has 0 saturated heterocycles. The molecular weight excluding hydrogens is 394 g/mol. The van der Waals surface area contributed by atoms with Gasteiger partial charge in [-0.25, -0.2) is 0 Å². The van der Waals surface area contributed by atoms with Crippen molar-refractivity contribution in [1.29, 1.82) is 0 Å². The monoisotopic (exact) mass is 419 g/mol. The molecule has 3 aromatic rings. The van der Waals surface area contributed by atoms with E-state index in [-0.39, 0.29) is 30.8 Å². The number of anilines is 1. The Bertz CT molecular complexity index is 1090. The van der Waals surface area contributed by atoms with Crippen LogP contribution in [0.1, 0.15) is 34.6 Å². The summed E-state index contributed by atoms with van der Waals surface area (Å²) < 4.78 is 5.65. The highest BCUT2D eigenvalue weighted by molar-refractivity contribution is 6.09. The van der Waals surface area contributed by atoms with Gasteiger partial charge in [0.2, 0.25) is 5.91 Å². The van der Waals surface area contributed by atoms with E-state index in [2.05, 4.69) is 16.0 Å². The lowest BCUT2D eigenvalue weighted by atomic mass is 10.0. The number of rotatable bonds is 8. The molecule has 7 heteroatoms. The predicted molar refractivity (Wildman–Crippen MR) is 121 cm³/mol. The summed E-state index contributed by atoms with van der Waals surface area (Å²) in [4.78, 5) is 36.2. The smallest absolute Gasteiger partial charge is 0.255 e. The SMILES string of the molecule is CCOc1ccc2ccccc2c1C(=O)NCCNC(=O)c1ccc(NC(C)=O)cc1. The van der Waals surface area contributed by atoms with Gasteiger partial charge in [-0.15, -0.1) is 0 Å². The second kappa shape index (κ2) is 10.2. The number of carbonyl (C=O) groups excluding carboxylic acids is 3. The first-order valence-corrected chi connectivity index (χ1v) is 10.1. The van der Waals surface area contributed by atoms with E-state index in [4.69, 9.17) is 4.74 Å². The van der Waals surface area contributed by atoms with Gasteiger partial charge in [-0.05, 0) is 48.0 Å². The fourth-order valence-electron chi connectivity index (χ4n) is 3.21. The van der Waals surface area contributed by atoms with Crippen molar-refractivity contribution < 1.29 is 19.1 Å². The van der Waals surface area contributed by atoms with Gasteiger partial charge in [0, 0.05) is 31.3 Å². The summed E-state index contributed by atoms with van der Waals surface area (Å²) in [7, 11) is 0. The molecule has 7 nitrogen and oxygen atoms in total. The molecule has 3 rings (SSSR count). The first-order chi connectivity index (χ1) is 15.0. The summed E-state index contributed by atoms with van der Waals surface area (Å²) in [6, 6.07) is 17.9. The summed E-state index contributed by atoms with van der Waals surface area (Å²) >= 11 is 0. The number of carbonyl (C=O) groups is 3. The van der Waals surface area contributed by atoms with E-state index in [0.717, 1.165) is 10.8 Å². The molecule has 3 aromatic carbocycles. The summed E-state index contributed by atoms with van der Waals surface area (Å²) in [6.45, 7) is 4.28. The zero-order valence-corrected chi connectivity index (χ0v) is 17.5. The highest BCUT2D eigenvalue weighted by Gasteiger charge is 2.16. The normalized spacial score (nSPS) is 10.4. The number of ether oxygens (including phenoxy) is 1. The molecular formula is C24H25N3O4. The Morgan fingerprint density at radius 2 is 1.52 bits per heavy atom. The van der Waals surface area contributed by atoms with Crippen molar-refractivity contribution >= 4 is 34.2 Å². The van der Waals surface area contributed by atoms with Crippen LogP contribution in [-0.4, -0.2) is 37.4 Å². The van der Waals surface area contributed by atoms with Gasteiger partial charge in [0.1, 0.15) is 5.75 Å². The highest BCUT2D eigenvalue weighted by atomic mass is 16.5. The van der Waals surface area contributed by atoms with Crippen molar-refractivity contribution in [2.24, 2.45) is 0 Å². The molecule has 0 bridgehead atoms. The average molecular weight is 419 g/mol. The van der Waals surface area contributed by atoms with Gasteiger partial charge in [-0.3, -0.25) is 14.4 Å².